The second-order valence-electron chi connectivity index (χ2n) is 9.54. The first-order chi connectivity index (χ1) is 14.1. The van der Waals surface area contributed by atoms with Gasteiger partial charge in [0.1, 0.15) is 6.61 Å². The summed E-state index contributed by atoms with van der Waals surface area (Å²) in [4.78, 5) is 0. The van der Waals surface area contributed by atoms with Crippen molar-refractivity contribution >= 4 is 0 Å². The summed E-state index contributed by atoms with van der Waals surface area (Å²) in [6, 6.07) is 16.3. The Hall–Kier alpha value is -2.04. The number of rotatable bonds is 7. The smallest absolute Gasteiger partial charge is 0.166 e. The summed E-state index contributed by atoms with van der Waals surface area (Å²) in [6.45, 7) is 1.25. The van der Waals surface area contributed by atoms with Crippen molar-refractivity contribution in [3.63, 3.8) is 0 Å². The summed E-state index contributed by atoms with van der Waals surface area (Å²) in [6.07, 6.45) is 6.56. The first-order valence-electron chi connectivity index (χ1n) is 10.9. The van der Waals surface area contributed by atoms with Crippen molar-refractivity contribution in [2.45, 2.75) is 62.8 Å². The predicted octanol–water partition coefficient (Wildman–Crippen LogP) is 4.45. The zero-order valence-corrected chi connectivity index (χ0v) is 17.2. The van der Waals surface area contributed by atoms with Gasteiger partial charge in [-0.15, -0.1) is 0 Å². The lowest BCUT2D eigenvalue weighted by molar-refractivity contribution is -0.142. The molecule has 0 saturated heterocycles. The lowest BCUT2D eigenvalue weighted by atomic mass is 9.51. The van der Waals surface area contributed by atoms with Crippen LogP contribution in [-0.2, 0) is 13.2 Å². The fourth-order valence-electron chi connectivity index (χ4n) is 6.46. The van der Waals surface area contributed by atoms with Gasteiger partial charge in [0.05, 0.1) is 12.7 Å². The van der Waals surface area contributed by atoms with Gasteiger partial charge in [-0.05, 0) is 62.0 Å². The van der Waals surface area contributed by atoms with Crippen LogP contribution >= 0.6 is 0 Å². The zero-order chi connectivity index (χ0) is 19.9. The molecule has 4 nitrogen and oxygen atoms in total. The molecule has 2 aromatic carbocycles. The molecule has 6 rings (SSSR count). The number of hydrogen-bond acceptors (Lipinski definition) is 4. The van der Waals surface area contributed by atoms with Crippen molar-refractivity contribution in [1.29, 1.82) is 0 Å². The van der Waals surface area contributed by atoms with Crippen molar-refractivity contribution in [3.8, 4) is 11.5 Å². The highest BCUT2D eigenvalue weighted by Crippen LogP contribution is 2.57. The van der Waals surface area contributed by atoms with Crippen LogP contribution in [0.4, 0.5) is 0 Å². The fourth-order valence-corrected chi connectivity index (χ4v) is 6.46. The SMILES string of the molecule is COc1cccc(CNC23CC4CC(CC(O)(C4)C2)C3)c1OCc1ccccc1. The number of nitrogens with one attached hydrogen (secondary N) is 1. The van der Waals surface area contributed by atoms with Gasteiger partial charge < -0.3 is 19.9 Å². The van der Waals surface area contributed by atoms with Crippen molar-refractivity contribution < 1.29 is 14.6 Å². The lowest BCUT2D eigenvalue weighted by Crippen LogP contribution is -2.64. The van der Waals surface area contributed by atoms with E-state index in [1.807, 2.05) is 30.3 Å². The highest BCUT2D eigenvalue weighted by Gasteiger charge is 2.56. The Morgan fingerprint density at radius 1 is 1.00 bits per heavy atom. The molecule has 4 heteroatoms. The summed E-state index contributed by atoms with van der Waals surface area (Å²) >= 11 is 0. The Morgan fingerprint density at radius 3 is 2.45 bits per heavy atom. The molecule has 0 aromatic heterocycles. The monoisotopic (exact) mass is 393 g/mol. The van der Waals surface area contributed by atoms with Crippen LogP contribution < -0.4 is 14.8 Å². The Morgan fingerprint density at radius 2 is 1.76 bits per heavy atom. The van der Waals surface area contributed by atoms with Gasteiger partial charge in [0.25, 0.3) is 0 Å². The van der Waals surface area contributed by atoms with Gasteiger partial charge in [-0.25, -0.2) is 0 Å². The minimum Gasteiger partial charge on any atom is -0.493 e. The van der Waals surface area contributed by atoms with E-state index >= 15 is 0 Å². The van der Waals surface area contributed by atoms with Crippen molar-refractivity contribution in [1.82, 2.24) is 5.32 Å². The van der Waals surface area contributed by atoms with Gasteiger partial charge in [0, 0.05) is 17.6 Å². The Labute approximate surface area is 173 Å². The maximum absolute atomic E-state index is 11.0. The number of para-hydroxylation sites is 1. The normalized spacial score (nSPS) is 32.3. The van der Waals surface area contributed by atoms with Crippen LogP contribution in [0, 0.1) is 11.8 Å². The van der Waals surface area contributed by atoms with E-state index in [1.165, 1.54) is 19.3 Å². The van der Waals surface area contributed by atoms with Gasteiger partial charge in [-0.3, -0.25) is 0 Å². The Bertz CT molecular complexity index is 852. The van der Waals surface area contributed by atoms with Crippen LogP contribution in [-0.4, -0.2) is 23.4 Å². The molecule has 0 spiro atoms. The first-order valence-corrected chi connectivity index (χ1v) is 10.9. The molecule has 4 aliphatic rings. The third-order valence-corrected chi connectivity index (χ3v) is 7.19. The Kier molecular flexibility index (Phi) is 4.79. The molecular weight excluding hydrogens is 362 g/mol. The van der Waals surface area contributed by atoms with E-state index in [2.05, 4.69) is 23.5 Å². The summed E-state index contributed by atoms with van der Waals surface area (Å²) in [5.41, 5.74) is 1.88. The molecule has 29 heavy (non-hydrogen) atoms. The average Bonchev–Trinajstić information content (AvgIpc) is 2.70. The van der Waals surface area contributed by atoms with Gasteiger partial charge in [0.2, 0.25) is 0 Å². The standard InChI is InChI=1S/C25H31NO3/c1-28-22-9-5-8-21(23(22)29-16-18-6-3-2-4-7-18)15-26-24-11-19-10-20(12-24)14-25(27,13-19)17-24/h2-9,19-20,26-27H,10-17H2,1H3. The molecular formula is C25H31NO3. The van der Waals surface area contributed by atoms with Crippen LogP contribution in [0.1, 0.15) is 49.7 Å². The van der Waals surface area contributed by atoms with Crippen LogP contribution in [0.2, 0.25) is 0 Å². The van der Waals surface area contributed by atoms with Gasteiger partial charge >= 0.3 is 0 Å². The molecule has 4 saturated carbocycles. The maximum Gasteiger partial charge on any atom is 0.166 e. The number of aliphatic hydroxyl groups is 1. The minimum atomic E-state index is -0.446. The highest BCUT2D eigenvalue weighted by atomic mass is 16.5. The van der Waals surface area contributed by atoms with Crippen molar-refractivity contribution in [2.75, 3.05) is 7.11 Å². The first kappa shape index (κ1) is 19.0. The number of benzene rings is 2. The van der Waals surface area contributed by atoms with Crippen LogP contribution in [0.25, 0.3) is 0 Å². The van der Waals surface area contributed by atoms with E-state index in [-0.39, 0.29) is 5.54 Å². The van der Waals surface area contributed by atoms with Gasteiger partial charge in [-0.2, -0.15) is 0 Å². The molecule has 2 aromatic rings. The fraction of sp³-hybridized carbons (Fsp3) is 0.520. The third-order valence-electron chi connectivity index (χ3n) is 7.19. The number of hydrogen-bond donors (Lipinski definition) is 2. The molecule has 0 heterocycles. The van der Waals surface area contributed by atoms with Crippen molar-refractivity contribution in [2.24, 2.45) is 11.8 Å². The minimum absolute atomic E-state index is 0.0681. The molecule has 2 atom stereocenters. The summed E-state index contributed by atoms with van der Waals surface area (Å²) < 4.78 is 11.8. The number of methoxy groups -OCH3 is 1. The number of ether oxygens (including phenoxy) is 2. The Balaban J connectivity index is 1.33. The molecule has 4 bridgehead atoms. The molecule has 0 radical (unpaired) electrons. The summed E-state index contributed by atoms with van der Waals surface area (Å²) in [7, 11) is 1.69. The van der Waals surface area contributed by atoms with E-state index in [4.69, 9.17) is 9.47 Å². The van der Waals surface area contributed by atoms with E-state index in [9.17, 15) is 5.11 Å². The van der Waals surface area contributed by atoms with E-state index in [0.717, 1.165) is 48.4 Å². The van der Waals surface area contributed by atoms with Crippen LogP contribution in [0.3, 0.4) is 0 Å². The summed E-state index contributed by atoms with van der Waals surface area (Å²) in [5.74, 6) is 2.93. The maximum atomic E-state index is 11.0. The van der Waals surface area contributed by atoms with Crippen LogP contribution in [0.5, 0.6) is 11.5 Å². The summed E-state index contributed by atoms with van der Waals surface area (Å²) in [5, 5.41) is 14.9. The molecule has 2 unspecified atom stereocenters. The molecule has 0 aliphatic heterocycles. The van der Waals surface area contributed by atoms with Gasteiger partial charge in [0.15, 0.2) is 11.5 Å². The molecule has 4 aliphatic carbocycles. The molecule has 2 N–H and O–H groups in total. The molecule has 4 fully saturated rings. The predicted molar refractivity (Wildman–Crippen MR) is 113 cm³/mol. The molecule has 0 amide bonds. The highest BCUT2D eigenvalue weighted by molar-refractivity contribution is 5.47. The molecule has 154 valence electrons. The van der Waals surface area contributed by atoms with E-state index in [1.54, 1.807) is 7.11 Å². The van der Waals surface area contributed by atoms with Crippen molar-refractivity contribution in [3.05, 3.63) is 59.7 Å². The van der Waals surface area contributed by atoms with Crippen LogP contribution in [0.15, 0.2) is 48.5 Å². The third kappa shape index (κ3) is 3.76. The second-order valence-corrected chi connectivity index (χ2v) is 9.54. The van der Waals surface area contributed by atoms with E-state index < -0.39 is 5.60 Å². The zero-order valence-electron chi connectivity index (χ0n) is 17.2. The lowest BCUT2D eigenvalue weighted by Gasteiger charge is -2.60. The largest absolute Gasteiger partial charge is 0.493 e. The van der Waals surface area contributed by atoms with E-state index in [0.29, 0.717) is 18.4 Å². The quantitative estimate of drug-likeness (QED) is 0.730. The van der Waals surface area contributed by atoms with Gasteiger partial charge in [-0.1, -0.05) is 42.5 Å². The topological polar surface area (TPSA) is 50.7 Å². The average molecular weight is 394 g/mol. The second kappa shape index (κ2) is 7.33.